The van der Waals surface area contributed by atoms with Crippen molar-refractivity contribution < 1.29 is 18.3 Å². The van der Waals surface area contributed by atoms with Crippen LogP contribution < -0.4 is 5.73 Å². The fourth-order valence-electron chi connectivity index (χ4n) is 1.59. The van der Waals surface area contributed by atoms with Crippen molar-refractivity contribution in [2.45, 2.75) is 32.2 Å². The molecule has 0 spiro atoms. The van der Waals surface area contributed by atoms with Gasteiger partial charge in [-0.3, -0.25) is 4.79 Å². The van der Waals surface area contributed by atoms with Gasteiger partial charge in [0.2, 0.25) is 5.91 Å². The first kappa shape index (κ1) is 14.5. The summed E-state index contributed by atoms with van der Waals surface area (Å²) in [4.78, 5) is 10.8. The number of nitrogens with two attached hydrogens (primary N) is 1. The van der Waals surface area contributed by atoms with Crippen molar-refractivity contribution in [2.24, 2.45) is 5.73 Å². The van der Waals surface area contributed by atoms with Crippen molar-refractivity contribution in [1.29, 1.82) is 0 Å². The molecule has 6 nitrogen and oxygen atoms in total. The molecule has 2 N–H and O–H groups in total. The topological polar surface area (TPSA) is 83.0 Å². The van der Waals surface area contributed by atoms with Crippen LogP contribution in [0, 0.1) is 0 Å². The average Bonchev–Trinajstić information content (AvgIpc) is 2.68. The van der Waals surface area contributed by atoms with E-state index in [1.165, 1.54) is 7.11 Å². The fraction of sp³-hybridized carbons (Fsp3) is 0.700. The van der Waals surface area contributed by atoms with E-state index in [1.54, 1.807) is 6.92 Å². The molecule has 8 heteroatoms. The number of hydrogen-bond donors (Lipinski definition) is 1. The molecule has 0 aliphatic rings. The van der Waals surface area contributed by atoms with Crippen LogP contribution in [0.3, 0.4) is 0 Å². The summed E-state index contributed by atoms with van der Waals surface area (Å²) in [6.07, 6.45) is -2.56. The summed E-state index contributed by atoms with van der Waals surface area (Å²) in [5.41, 5.74) is 4.56. The van der Waals surface area contributed by atoms with Gasteiger partial charge >= 0.3 is 0 Å². The Bertz CT molecular complexity index is 409. The van der Waals surface area contributed by atoms with Gasteiger partial charge in [0.25, 0.3) is 6.43 Å². The van der Waals surface area contributed by atoms with Crippen LogP contribution in [0.25, 0.3) is 0 Å². The Labute approximate surface area is 103 Å². The van der Waals surface area contributed by atoms with Crippen LogP contribution in [-0.4, -0.2) is 34.6 Å². The first-order chi connectivity index (χ1) is 8.47. The zero-order valence-corrected chi connectivity index (χ0v) is 10.3. The van der Waals surface area contributed by atoms with E-state index < -0.39 is 12.3 Å². The lowest BCUT2D eigenvalue weighted by Crippen LogP contribution is -2.17. The van der Waals surface area contributed by atoms with Crippen molar-refractivity contribution in [3.8, 4) is 0 Å². The summed E-state index contributed by atoms with van der Waals surface area (Å²) >= 11 is 0. The molecule has 102 valence electrons. The summed E-state index contributed by atoms with van der Waals surface area (Å²) in [6, 6.07) is -0.289. The van der Waals surface area contributed by atoms with Crippen LogP contribution in [-0.2, 0) is 16.0 Å². The van der Waals surface area contributed by atoms with Gasteiger partial charge in [-0.05, 0) is 13.3 Å². The van der Waals surface area contributed by atoms with Gasteiger partial charge in [0, 0.05) is 13.7 Å². The lowest BCUT2D eigenvalue weighted by Gasteiger charge is -2.14. The van der Waals surface area contributed by atoms with Gasteiger partial charge in [0.1, 0.15) is 11.4 Å². The molecule has 1 unspecified atom stereocenters. The highest BCUT2D eigenvalue weighted by atomic mass is 19.3. The number of hydrogen-bond acceptors (Lipinski definition) is 4. The van der Waals surface area contributed by atoms with Crippen molar-refractivity contribution in [2.75, 3.05) is 13.7 Å². The van der Waals surface area contributed by atoms with Crippen molar-refractivity contribution in [3.05, 3.63) is 11.4 Å². The van der Waals surface area contributed by atoms with E-state index in [0.29, 0.717) is 13.0 Å². The monoisotopic (exact) mass is 262 g/mol. The van der Waals surface area contributed by atoms with E-state index in [1.807, 2.05) is 0 Å². The SMILES string of the molecule is COCCC(C)n1nnc(CC(N)=O)c1C(F)F. The van der Waals surface area contributed by atoms with E-state index in [9.17, 15) is 13.6 Å². The summed E-state index contributed by atoms with van der Waals surface area (Å²) in [6.45, 7) is 2.16. The molecule has 0 saturated heterocycles. The quantitative estimate of drug-likeness (QED) is 0.789. The number of alkyl halides is 2. The van der Waals surface area contributed by atoms with Crippen LogP contribution in [0.1, 0.15) is 37.2 Å². The Morgan fingerprint density at radius 3 is 2.72 bits per heavy atom. The van der Waals surface area contributed by atoms with Crippen LogP contribution in [0.5, 0.6) is 0 Å². The molecule has 0 fully saturated rings. The lowest BCUT2D eigenvalue weighted by atomic mass is 10.2. The third-order valence-electron chi connectivity index (χ3n) is 2.51. The third kappa shape index (κ3) is 3.46. The largest absolute Gasteiger partial charge is 0.385 e. The first-order valence-corrected chi connectivity index (χ1v) is 5.46. The molecule has 0 aliphatic carbocycles. The molecule has 18 heavy (non-hydrogen) atoms. The van der Waals surface area contributed by atoms with Crippen LogP contribution >= 0.6 is 0 Å². The van der Waals surface area contributed by atoms with E-state index in [-0.39, 0.29) is 23.9 Å². The molecule has 0 bridgehead atoms. The smallest absolute Gasteiger partial charge is 0.281 e. The Morgan fingerprint density at radius 2 is 2.22 bits per heavy atom. The van der Waals surface area contributed by atoms with Gasteiger partial charge in [-0.15, -0.1) is 5.10 Å². The zero-order chi connectivity index (χ0) is 13.7. The van der Waals surface area contributed by atoms with E-state index in [2.05, 4.69) is 10.3 Å². The number of aromatic nitrogens is 3. The number of carbonyl (C=O) groups is 1. The minimum Gasteiger partial charge on any atom is -0.385 e. The standard InChI is InChI=1S/C10H16F2N4O2/c1-6(3-4-18-2)16-9(10(11)12)7(14-15-16)5-8(13)17/h6,10H,3-5H2,1-2H3,(H2,13,17). The number of rotatable bonds is 7. The maximum atomic E-state index is 13.0. The highest BCUT2D eigenvalue weighted by Gasteiger charge is 2.25. The van der Waals surface area contributed by atoms with Crippen LogP contribution in [0.15, 0.2) is 0 Å². The zero-order valence-electron chi connectivity index (χ0n) is 10.3. The van der Waals surface area contributed by atoms with Crippen LogP contribution in [0.4, 0.5) is 8.78 Å². The predicted molar refractivity (Wildman–Crippen MR) is 59.1 cm³/mol. The molecule has 1 heterocycles. The maximum absolute atomic E-state index is 13.0. The fourth-order valence-corrected chi connectivity index (χ4v) is 1.59. The lowest BCUT2D eigenvalue weighted by molar-refractivity contribution is -0.117. The maximum Gasteiger partial charge on any atom is 0.281 e. The summed E-state index contributed by atoms with van der Waals surface area (Å²) in [5.74, 6) is -0.714. The minimum absolute atomic E-state index is 0.0678. The predicted octanol–water partition coefficient (Wildman–Crippen LogP) is 0.841. The van der Waals surface area contributed by atoms with Gasteiger partial charge in [-0.1, -0.05) is 5.21 Å². The summed E-state index contributed by atoms with van der Waals surface area (Å²) < 4.78 is 31.9. The number of amides is 1. The normalized spacial score (nSPS) is 12.9. The van der Waals surface area contributed by atoms with Gasteiger partial charge in [0.15, 0.2) is 0 Å². The van der Waals surface area contributed by atoms with E-state index >= 15 is 0 Å². The molecule has 1 aromatic rings. The molecule has 1 amide bonds. The number of primary amides is 1. The van der Waals surface area contributed by atoms with Gasteiger partial charge in [-0.25, -0.2) is 13.5 Å². The Hall–Kier alpha value is -1.57. The van der Waals surface area contributed by atoms with Gasteiger partial charge in [0.05, 0.1) is 12.5 Å². The second kappa shape index (κ2) is 6.39. The van der Waals surface area contributed by atoms with E-state index in [4.69, 9.17) is 10.5 Å². The van der Waals surface area contributed by atoms with Crippen molar-refractivity contribution >= 4 is 5.91 Å². The third-order valence-corrected chi connectivity index (χ3v) is 2.51. The molecule has 1 atom stereocenters. The van der Waals surface area contributed by atoms with Crippen LogP contribution in [0.2, 0.25) is 0 Å². The number of carbonyl (C=O) groups excluding carboxylic acids is 1. The number of methoxy groups -OCH3 is 1. The molecule has 1 aromatic heterocycles. The number of nitrogens with zero attached hydrogens (tertiary/aromatic N) is 3. The Kier molecular flexibility index (Phi) is 5.14. The molecule has 1 rings (SSSR count). The molecule has 0 aliphatic heterocycles. The second-order valence-corrected chi connectivity index (χ2v) is 3.94. The minimum atomic E-state index is -2.75. The Morgan fingerprint density at radius 1 is 1.56 bits per heavy atom. The Balaban J connectivity index is 2.97. The van der Waals surface area contributed by atoms with Crippen molar-refractivity contribution in [1.82, 2.24) is 15.0 Å². The highest BCUT2D eigenvalue weighted by Crippen LogP contribution is 2.25. The molecular formula is C10H16F2N4O2. The second-order valence-electron chi connectivity index (χ2n) is 3.94. The van der Waals surface area contributed by atoms with Gasteiger partial charge in [-0.2, -0.15) is 0 Å². The number of halogens is 2. The molecule has 0 saturated carbocycles. The highest BCUT2D eigenvalue weighted by molar-refractivity contribution is 5.76. The van der Waals surface area contributed by atoms with Crippen molar-refractivity contribution in [3.63, 3.8) is 0 Å². The average molecular weight is 262 g/mol. The first-order valence-electron chi connectivity index (χ1n) is 5.46. The molecule has 0 aromatic carbocycles. The van der Waals surface area contributed by atoms with Gasteiger partial charge < -0.3 is 10.5 Å². The summed E-state index contributed by atoms with van der Waals surface area (Å²) in [7, 11) is 1.53. The van der Waals surface area contributed by atoms with E-state index in [0.717, 1.165) is 4.68 Å². The molecule has 0 radical (unpaired) electrons. The summed E-state index contributed by atoms with van der Waals surface area (Å²) in [5, 5.41) is 7.26. The number of ether oxygens (including phenoxy) is 1. The molecular weight excluding hydrogens is 246 g/mol.